The molecule has 0 amide bonds. The lowest BCUT2D eigenvalue weighted by Gasteiger charge is -2.10. The number of hydrogen-bond acceptors (Lipinski definition) is 3. The third kappa shape index (κ3) is 5.10. The Hall–Kier alpha value is -1.46. The van der Waals surface area contributed by atoms with Gasteiger partial charge in [-0.3, -0.25) is 4.98 Å². The van der Waals surface area contributed by atoms with Gasteiger partial charge in [0.05, 0.1) is 11.4 Å². The average molecular weight is 353 g/mol. The van der Waals surface area contributed by atoms with Crippen molar-refractivity contribution < 1.29 is 9.13 Å². The Morgan fingerprint density at radius 1 is 1.24 bits per heavy atom. The monoisotopic (exact) mass is 352 g/mol. The predicted molar refractivity (Wildman–Crippen MR) is 84.6 cm³/mol. The van der Waals surface area contributed by atoms with E-state index in [1.54, 1.807) is 12.1 Å². The lowest BCUT2D eigenvalue weighted by molar-refractivity contribution is 0.285. The van der Waals surface area contributed by atoms with Crippen molar-refractivity contribution in [3.63, 3.8) is 0 Å². The van der Waals surface area contributed by atoms with E-state index in [0.29, 0.717) is 17.1 Å². The van der Waals surface area contributed by atoms with Gasteiger partial charge in [-0.15, -0.1) is 0 Å². The maximum absolute atomic E-state index is 13.7. The van der Waals surface area contributed by atoms with Crippen molar-refractivity contribution in [3.05, 3.63) is 58.1 Å². The molecule has 0 fully saturated rings. The van der Waals surface area contributed by atoms with Gasteiger partial charge in [0.15, 0.2) is 11.6 Å². The molecule has 0 aliphatic heterocycles. The Morgan fingerprint density at radius 3 is 2.71 bits per heavy atom. The Labute approximate surface area is 132 Å². The number of hydrogen-bond donors (Lipinski definition) is 1. The molecular weight excluding hydrogens is 335 g/mol. The van der Waals surface area contributed by atoms with Gasteiger partial charge >= 0.3 is 0 Å². The van der Waals surface area contributed by atoms with Crippen molar-refractivity contribution >= 4 is 15.9 Å². The van der Waals surface area contributed by atoms with Gasteiger partial charge in [0.2, 0.25) is 0 Å². The zero-order valence-electron chi connectivity index (χ0n) is 12.1. The highest BCUT2D eigenvalue weighted by Crippen LogP contribution is 2.22. The van der Waals surface area contributed by atoms with Crippen LogP contribution in [0.25, 0.3) is 0 Å². The minimum absolute atomic E-state index is 0.228. The maximum Gasteiger partial charge on any atom is 0.166 e. The quantitative estimate of drug-likeness (QED) is 0.851. The van der Waals surface area contributed by atoms with Gasteiger partial charge < -0.3 is 10.1 Å². The Morgan fingerprint density at radius 2 is 2.00 bits per heavy atom. The summed E-state index contributed by atoms with van der Waals surface area (Å²) in [6.07, 6.45) is 0. The number of halogens is 2. The molecule has 0 aliphatic rings. The minimum Gasteiger partial charge on any atom is -0.484 e. The molecule has 21 heavy (non-hydrogen) atoms. The molecule has 1 heterocycles. The molecule has 0 saturated carbocycles. The summed E-state index contributed by atoms with van der Waals surface area (Å²) in [5.41, 5.74) is 1.72. The van der Waals surface area contributed by atoms with E-state index in [4.69, 9.17) is 4.74 Å². The third-order valence-electron chi connectivity index (χ3n) is 2.83. The summed E-state index contributed by atoms with van der Waals surface area (Å²) in [7, 11) is 0. The number of ether oxygens (including phenoxy) is 1. The first-order chi connectivity index (χ1) is 10.0. The molecule has 0 unspecified atom stereocenters. The summed E-state index contributed by atoms with van der Waals surface area (Å²) in [5, 5.41) is 3.31. The van der Waals surface area contributed by atoms with Crippen molar-refractivity contribution in [2.75, 3.05) is 0 Å². The first-order valence-corrected chi connectivity index (χ1v) is 7.60. The zero-order valence-corrected chi connectivity index (χ0v) is 13.7. The Bertz CT molecular complexity index is 605. The van der Waals surface area contributed by atoms with Gasteiger partial charge in [0, 0.05) is 17.1 Å². The van der Waals surface area contributed by atoms with Crippen molar-refractivity contribution in [2.24, 2.45) is 0 Å². The molecule has 3 nitrogen and oxygen atoms in total. The van der Waals surface area contributed by atoms with E-state index in [1.165, 1.54) is 6.07 Å². The predicted octanol–water partition coefficient (Wildman–Crippen LogP) is 4.06. The van der Waals surface area contributed by atoms with Crippen LogP contribution in [0.3, 0.4) is 0 Å². The molecule has 1 N–H and O–H groups in total. The summed E-state index contributed by atoms with van der Waals surface area (Å²) < 4.78 is 19.8. The molecular formula is C16H18BrFN2O. The van der Waals surface area contributed by atoms with Crippen LogP contribution in [0.2, 0.25) is 0 Å². The fraction of sp³-hybridized carbons (Fsp3) is 0.312. The fourth-order valence-corrected chi connectivity index (χ4v) is 2.09. The van der Waals surface area contributed by atoms with Crippen LogP contribution in [-0.2, 0) is 13.2 Å². The summed E-state index contributed by atoms with van der Waals surface area (Å²) >= 11 is 3.22. The van der Waals surface area contributed by atoms with E-state index in [-0.39, 0.29) is 18.2 Å². The fourth-order valence-electron chi connectivity index (χ4n) is 1.76. The molecule has 0 spiro atoms. The van der Waals surface area contributed by atoms with Crippen LogP contribution in [0.1, 0.15) is 25.2 Å². The van der Waals surface area contributed by atoms with Crippen LogP contribution in [-0.4, -0.2) is 11.0 Å². The minimum atomic E-state index is -0.387. The molecule has 112 valence electrons. The van der Waals surface area contributed by atoms with Gasteiger partial charge in [-0.2, -0.15) is 0 Å². The molecule has 5 heteroatoms. The van der Waals surface area contributed by atoms with E-state index in [0.717, 1.165) is 11.4 Å². The molecule has 1 aromatic carbocycles. The summed E-state index contributed by atoms with van der Waals surface area (Å²) in [6, 6.07) is 10.9. The van der Waals surface area contributed by atoms with E-state index in [2.05, 4.69) is 40.1 Å². The third-order valence-corrected chi connectivity index (χ3v) is 3.32. The second kappa shape index (κ2) is 7.52. The topological polar surface area (TPSA) is 34.1 Å². The maximum atomic E-state index is 13.7. The van der Waals surface area contributed by atoms with E-state index in [9.17, 15) is 4.39 Å². The largest absolute Gasteiger partial charge is 0.484 e. The second-order valence-electron chi connectivity index (χ2n) is 5.02. The first-order valence-electron chi connectivity index (χ1n) is 6.80. The van der Waals surface area contributed by atoms with Gasteiger partial charge in [-0.1, -0.05) is 35.8 Å². The lowest BCUT2D eigenvalue weighted by Crippen LogP contribution is -2.22. The SMILES string of the molecule is CC(C)NCc1cccc(COc2ccc(Br)cc2F)n1. The normalized spacial score (nSPS) is 10.9. The molecule has 0 aliphatic carbocycles. The van der Waals surface area contributed by atoms with Gasteiger partial charge in [-0.25, -0.2) is 4.39 Å². The number of benzene rings is 1. The average Bonchev–Trinajstić information content (AvgIpc) is 2.45. The number of rotatable bonds is 6. The Balaban J connectivity index is 1.98. The van der Waals surface area contributed by atoms with Crippen molar-refractivity contribution in [1.82, 2.24) is 10.3 Å². The van der Waals surface area contributed by atoms with Crippen LogP contribution >= 0.6 is 15.9 Å². The van der Waals surface area contributed by atoms with Crippen molar-refractivity contribution in [2.45, 2.75) is 33.0 Å². The number of pyridine rings is 1. The molecule has 0 saturated heterocycles. The van der Waals surface area contributed by atoms with E-state index in [1.807, 2.05) is 18.2 Å². The smallest absolute Gasteiger partial charge is 0.166 e. The van der Waals surface area contributed by atoms with Gasteiger partial charge in [0.25, 0.3) is 0 Å². The van der Waals surface area contributed by atoms with Crippen molar-refractivity contribution in [1.29, 1.82) is 0 Å². The number of nitrogens with zero attached hydrogens (tertiary/aromatic N) is 1. The molecule has 1 aromatic heterocycles. The summed E-state index contributed by atoms with van der Waals surface area (Å²) in [4.78, 5) is 4.49. The molecule has 2 rings (SSSR count). The van der Waals surface area contributed by atoms with Crippen LogP contribution in [0.15, 0.2) is 40.9 Å². The Kier molecular flexibility index (Phi) is 5.70. The standard InChI is InChI=1S/C16H18BrFN2O/c1-11(2)19-9-13-4-3-5-14(20-13)10-21-16-7-6-12(17)8-15(16)18/h3-8,11,19H,9-10H2,1-2H3. The summed E-state index contributed by atoms with van der Waals surface area (Å²) in [6.45, 7) is 5.12. The molecule has 2 aromatic rings. The lowest BCUT2D eigenvalue weighted by atomic mass is 10.3. The highest BCUT2D eigenvalue weighted by molar-refractivity contribution is 9.10. The highest BCUT2D eigenvalue weighted by atomic mass is 79.9. The molecule has 0 atom stereocenters. The highest BCUT2D eigenvalue weighted by Gasteiger charge is 2.05. The summed E-state index contributed by atoms with van der Waals surface area (Å²) in [5.74, 6) is -0.160. The number of nitrogens with one attached hydrogen (secondary N) is 1. The number of aromatic nitrogens is 1. The van der Waals surface area contributed by atoms with E-state index < -0.39 is 0 Å². The van der Waals surface area contributed by atoms with Crippen LogP contribution in [0.5, 0.6) is 5.75 Å². The zero-order chi connectivity index (χ0) is 15.2. The van der Waals surface area contributed by atoms with Gasteiger partial charge in [0.1, 0.15) is 6.61 Å². The molecule has 0 bridgehead atoms. The van der Waals surface area contributed by atoms with Gasteiger partial charge in [-0.05, 0) is 30.3 Å². The second-order valence-corrected chi connectivity index (χ2v) is 5.93. The van der Waals surface area contributed by atoms with Crippen molar-refractivity contribution in [3.8, 4) is 5.75 Å². The van der Waals surface area contributed by atoms with Crippen LogP contribution < -0.4 is 10.1 Å². The first kappa shape index (κ1) is 15.9. The van der Waals surface area contributed by atoms with Crippen LogP contribution in [0, 0.1) is 5.82 Å². The molecule has 0 radical (unpaired) electrons. The van der Waals surface area contributed by atoms with Crippen LogP contribution in [0.4, 0.5) is 4.39 Å². The van der Waals surface area contributed by atoms with E-state index >= 15 is 0 Å².